The van der Waals surface area contributed by atoms with E-state index in [0.29, 0.717) is 41.7 Å². The fourth-order valence-corrected chi connectivity index (χ4v) is 2.47. The van der Waals surface area contributed by atoms with Gasteiger partial charge in [-0.2, -0.15) is 0 Å². The minimum absolute atomic E-state index is 0.101. The number of nitrogens with zero attached hydrogens (tertiary/aromatic N) is 1. The molecular weight excluding hydrogens is 317 g/mol. The van der Waals surface area contributed by atoms with Crippen molar-refractivity contribution in [2.75, 3.05) is 19.7 Å². The minimum atomic E-state index is -0.797. The predicted molar refractivity (Wildman–Crippen MR) is 78.9 cm³/mol. The lowest BCUT2D eigenvalue weighted by molar-refractivity contribution is -0.146. The number of carboxylic acids is 1. The van der Waals surface area contributed by atoms with Crippen LogP contribution in [0.25, 0.3) is 0 Å². The molecule has 1 N–H and O–H groups in total. The van der Waals surface area contributed by atoms with Gasteiger partial charge in [0.25, 0.3) is 5.91 Å². The molecule has 2 rings (SSSR count). The number of amides is 1. The number of likely N-dealkylation sites (tertiary alicyclic amines) is 1. The Hall–Kier alpha value is -1.46. The van der Waals surface area contributed by atoms with E-state index in [2.05, 4.69) is 0 Å². The van der Waals surface area contributed by atoms with E-state index < -0.39 is 5.97 Å². The number of carbonyl (C=O) groups is 2. The van der Waals surface area contributed by atoms with Gasteiger partial charge in [0.2, 0.25) is 0 Å². The summed E-state index contributed by atoms with van der Waals surface area (Å²) in [5.41, 5.74) is 0. The number of rotatable bonds is 4. The molecule has 1 saturated heterocycles. The number of halogens is 2. The van der Waals surface area contributed by atoms with Crippen molar-refractivity contribution >= 4 is 35.1 Å². The Bertz CT molecular complexity index is 542. The Morgan fingerprint density at radius 1 is 1.24 bits per heavy atom. The number of piperidine rings is 1. The van der Waals surface area contributed by atoms with Crippen LogP contribution < -0.4 is 4.74 Å². The summed E-state index contributed by atoms with van der Waals surface area (Å²) >= 11 is 11.7. The van der Waals surface area contributed by atoms with Crippen molar-refractivity contribution in [1.29, 1.82) is 0 Å². The van der Waals surface area contributed by atoms with Gasteiger partial charge in [0.05, 0.1) is 16.0 Å². The summed E-state index contributed by atoms with van der Waals surface area (Å²) in [4.78, 5) is 24.5. The number of carboxylic acid groups (broad SMARTS) is 1. The quantitative estimate of drug-likeness (QED) is 0.921. The Kier molecular flexibility index (Phi) is 5.31. The zero-order valence-electron chi connectivity index (χ0n) is 11.2. The Morgan fingerprint density at radius 2 is 1.90 bits per heavy atom. The van der Waals surface area contributed by atoms with Crippen molar-refractivity contribution in [1.82, 2.24) is 4.90 Å². The molecule has 0 atom stereocenters. The van der Waals surface area contributed by atoms with Crippen LogP contribution in [0.5, 0.6) is 5.75 Å². The van der Waals surface area contributed by atoms with Crippen LogP contribution in [-0.4, -0.2) is 41.6 Å². The first kappa shape index (κ1) is 15.9. The highest BCUT2D eigenvalue weighted by atomic mass is 35.5. The number of benzene rings is 1. The summed E-state index contributed by atoms with van der Waals surface area (Å²) < 4.78 is 5.38. The highest BCUT2D eigenvalue weighted by molar-refractivity contribution is 6.42. The van der Waals surface area contributed by atoms with Gasteiger partial charge in [-0.05, 0) is 25.0 Å². The highest BCUT2D eigenvalue weighted by Gasteiger charge is 2.27. The molecule has 0 bridgehead atoms. The average molecular weight is 332 g/mol. The van der Waals surface area contributed by atoms with Gasteiger partial charge in [-0.25, -0.2) is 0 Å². The van der Waals surface area contributed by atoms with Gasteiger partial charge < -0.3 is 14.7 Å². The van der Waals surface area contributed by atoms with Crippen LogP contribution in [0.15, 0.2) is 18.2 Å². The monoisotopic (exact) mass is 331 g/mol. The normalized spacial score (nSPS) is 15.8. The topological polar surface area (TPSA) is 66.8 Å². The van der Waals surface area contributed by atoms with E-state index in [-0.39, 0.29) is 18.4 Å². The summed E-state index contributed by atoms with van der Waals surface area (Å²) in [6, 6.07) is 4.79. The second kappa shape index (κ2) is 7.00. The third kappa shape index (κ3) is 4.25. The van der Waals surface area contributed by atoms with Gasteiger partial charge in [0.15, 0.2) is 6.61 Å². The van der Waals surface area contributed by atoms with E-state index in [1.54, 1.807) is 23.1 Å². The molecule has 0 aliphatic carbocycles. The van der Waals surface area contributed by atoms with Gasteiger partial charge in [0.1, 0.15) is 5.75 Å². The van der Waals surface area contributed by atoms with Crippen LogP contribution in [0.4, 0.5) is 0 Å². The summed E-state index contributed by atoms with van der Waals surface area (Å²) in [7, 11) is 0. The third-order valence-corrected chi connectivity index (χ3v) is 4.19. The molecule has 1 aromatic rings. The van der Waals surface area contributed by atoms with E-state index in [4.69, 9.17) is 33.0 Å². The van der Waals surface area contributed by atoms with Crippen LogP contribution in [0, 0.1) is 5.92 Å². The van der Waals surface area contributed by atoms with Crippen LogP contribution in [0.3, 0.4) is 0 Å². The van der Waals surface area contributed by atoms with Gasteiger partial charge in [-0.3, -0.25) is 9.59 Å². The van der Waals surface area contributed by atoms with E-state index in [0.717, 1.165) is 0 Å². The Morgan fingerprint density at radius 3 is 2.48 bits per heavy atom. The molecule has 0 spiro atoms. The maximum absolute atomic E-state index is 12.0. The van der Waals surface area contributed by atoms with Crippen molar-refractivity contribution in [3.8, 4) is 5.75 Å². The standard InChI is InChI=1S/C14H15Cl2NO4/c15-11-2-1-10(7-12(11)16)21-8-13(18)17-5-3-9(4-6-17)14(19)20/h1-2,7,9H,3-6,8H2,(H,19,20). The largest absolute Gasteiger partial charge is 0.484 e. The molecule has 7 heteroatoms. The van der Waals surface area contributed by atoms with E-state index in [1.807, 2.05) is 0 Å². The van der Waals surface area contributed by atoms with Gasteiger partial charge >= 0.3 is 5.97 Å². The number of hydrogen-bond acceptors (Lipinski definition) is 3. The molecule has 1 amide bonds. The average Bonchev–Trinajstić information content (AvgIpc) is 2.48. The first-order chi connectivity index (χ1) is 9.97. The fourth-order valence-electron chi connectivity index (χ4n) is 2.18. The van der Waals surface area contributed by atoms with E-state index in [9.17, 15) is 9.59 Å². The first-order valence-corrected chi connectivity index (χ1v) is 7.31. The Labute approximate surface area is 132 Å². The second-order valence-electron chi connectivity index (χ2n) is 4.86. The maximum atomic E-state index is 12.0. The molecule has 1 fully saturated rings. The van der Waals surface area contributed by atoms with Gasteiger partial charge in [-0.15, -0.1) is 0 Å². The predicted octanol–water partition coefficient (Wildman–Crippen LogP) is 2.70. The van der Waals surface area contributed by atoms with Crippen molar-refractivity contribution in [2.24, 2.45) is 5.92 Å². The van der Waals surface area contributed by atoms with Crippen LogP contribution in [0.2, 0.25) is 10.0 Å². The lowest BCUT2D eigenvalue weighted by atomic mass is 9.97. The lowest BCUT2D eigenvalue weighted by Gasteiger charge is -2.30. The summed E-state index contributed by atoms with van der Waals surface area (Å²) in [6.45, 7) is 0.788. The third-order valence-electron chi connectivity index (χ3n) is 3.45. The molecule has 0 saturated carbocycles. The fraction of sp³-hybridized carbons (Fsp3) is 0.429. The molecule has 1 aliphatic heterocycles. The zero-order valence-corrected chi connectivity index (χ0v) is 12.7. The summed E-state index contributed by atoms with van der Waals surface area (Å²) in [5, 5.41) is 9.70. The summed E-state index contributed by atoms with van der Waals surface area (Å²) in [5.74, 6) is -0.845. The maximum Gasteiger partial charge on any atom is 0.306 e. The van der Waals surface area contributed by atoms with Crippen molar-refractivity contribution < 1.29 is 19.4 Å². The molecule has 1 aliphatic rings. The molecule has 1 heterocycles. The molecule has 21 heavy (non-hydrogen) atoms. The summed E-state index contributed by atoms with van der Waals surface area (Å²) in [6.07, 6.45) is 0.960. The lowest BCUT2D eigenvalue weighted by Crippen LogP contribution is -2.42. The van der Waals surface area contributed by atoms with Crippen LogP contribution >= 0.6 is 23.2 Å². The number of ether oxygens (including phenoxy) is 1. The number of carbonyl (C=O) groups excluding carboxylic acids is 1. The van der Waals surface area contributed by atoms with Gasteiger partial charge in [0, 0.05) is 19.2 Å². The molecule has 114 valence electrons. The SMILES string of the molecule is O=C(O)C1CCN(C(=O)COc2ccc(Cl)c(Cl)c2)CC1. The minimum Gasteiger partial charge on any atom is -0.484 e. The zero-order chi connectivity index (χ0) is 15.4. The van der Waals surface area contributed by atoms with Crippen molar-refractivity contribution in [3.05, 3.63) is 28.2 Å². The number of hydrogen-bond donors (Lipinski definition) is 1. The molecule has 0 radical (unpaired) electrons. The molecule has 5 nitrogen and oxygen atoms in total. The van der Waals surface area contributed by atoms with Crippen LogP contribution in [-0.2, 0) is 9.59 Å². The van der Waals surface area contributed by atoms with Gasteiger partial charge in [-0.1, -0.05) is 23.2 Å². The van der Waals surface area contributed by atoms with E-state index in [1.165, 1.54) is 0 Å². The first-order valence-electron chi connectivity index (χ1n) is 6.56. The smallest absolute Gasteiger partial charge is 0.306 e. The second-order valence-corrected chi connectivity index (χ2v) is 5.67. The molecule has 0 unspecified atom stereocenters. The van der Waals surface area contributed by atoms with Crippen LogP contribution in [0.1, 0.15) is 12.8 Å². The molecule has 0 aromatic heterocycles. The number of aliphatic carboxylic acids is 1. The highest BCUT2D eigenvalue weighted by Crippen LogP contribution is 2.26. The molecule has 1 aromatic carbocycles. The van der Waals surface area contributed by atoms with Crippen molar-refractivity contribution in [3.63, 3.8) is 0 Å². The molecular formula is C14H15Cl2NO4. The Balaban J connectivity index is 1.82. The van der Waals surface area contributed by atoms with Crippen molar-refractivity contribution in [2.45, 2.75) is 12.8 Å². The van der Waals surface area contributed by atoms with E-state index >= 15 is 0 Å².